The number of fused-ring (bicyclic) bond motifs is 1. The molecule has 0 radical (unpaired) electrons. The Bertz CT molecular complexity index is 489. The molecule has 0 spiro atoms. The smallest absolute Gasteiger partial charge is 0.322 e. The predicted molar refractivity (Wildman–Crippen MR) is 76.8 cm³/mol. The molecular weight excluding hydrogens is 274 g/mol. The maximum absolute atomic E-state index is 11.7. The second-order valence-electron chi connectivity index (χ2n) is 5.05. The Labute approximate surface area is 124 Å². The number of benzene rings is 1. The van der Waals surface area contributed by atoms with Crippen LogP contribution in [0, 0.1) is 0 Å². The van der Waals surface area contributed by atoms with Crippen LogP contribution in [0.4, 0.5) is 0 Å². The van der Waals surface area contributed by atoms with Crippen molar-refractivity contribution in [3.63, 3.8) is 0 Å². The van der Waals surface area contributed by atoms with Gasteiger partial charge in [0.2, 0.25) is 6.79 Å². The fourth-order valence-electron chi connectivity index (χ4n) is 2.08. The summed E-state index contributed by atoms with van der Waals surface area (Å²) in [5.41, 5.74) is 0. The fourth-order valence-corrected chi connectivity index (χ4v) is 2.08. The maximum Gasteiger partial charge on any atom is 0.322 e. The Morgan fingerprint density at radius 1 is 1.33 bits per heavy atom. The first-order valence-corrected chi connectivity index (χ1v) is 6.96. The van der Waals surface area contributed by atoms with Crippen LogP contribution < -0.4 is 19.5 Å². The highest BCUT2D eigenvalue weighted by molar-refractivity contribution is 5.75. The largest absolute Gasteiger partial charge is 0.493 e. The number of ether oxygens (including phenoxy) is 4. The Hall–Kier alpha value is -1.95. The van der Waals surface area contributed by atoms with Gasteiger partial charge in [-0.1, -0.05) is 13.8 Å². The molecule has 1 aromatic rings. The van der Waals surface area contributed by atoms with Crippen molar-refractivity contribution in [3.05, 3.63) is 18.2 Å². The van der Waals surface area contributed by atoms with Gasteiger partial charge >= 0.3 is 5.97 Å². The molecule has 6 heteroatoms. The number of esters is 1. The summed E-state index contributed by atoms with van der Waals surface area (Å²) in [6.07, 6.45) is 0.527. The molecule has 1 N–H and O–H groups in total. The van der Waals surface area contributed by atoms with Gasteiger partial charge in [-0.25, -0.2) is 0 Å². The molecule has 2 rings (SSSR count). The van der Waals surface area contributed by atoms with Gasteiger partial charge in [0.1, 0.15) is 11.8 Å². The Morgan fingerprint density at radius 3 is 2.81 bits per heavy atom. The van der Waals surface area contributed by atoms with E-state index in [9.17, 15) is 4.79 Å². The minimum absolute atomic E-state index is 0.194. The first-order chi connectivity index (χ1) is 10.1. The third kappa shape index (κ3) is 4.26. The summed E-state index contributed by atoms with van der Waals surface area (Å²) in [4.78, 5) is 11.7. The zero-order valence-electron chi connectivity index (χ0n) is 12.5. The molecule has 6 nitrogen and oxygen atoms in total. The van der Waals surface area contributed by atoms with Crippen molar-refractivity contribution >= 4 is 5.97 Å². The van der Waals surface area contributed by atoms with E-state index in [1.54, 1.807) is 6.07 Å². The molecule has 0 aromatic heterocycles. The molecular formula is C15H21NO5. The van der Waals surface area contributed by atoms with Crippen LogP contribution in [0.3, 0.4) is 0 Å². The molecule has 0 fully saturated rings. The lowest BCUT2D eigenvalue weighted by atomic mass is 10.2. The second kappa shape index (κ2) is 7.17. The molecule has 116 valence electrons. The fraction of sp³-hybridized carbons (Fsp3) is 0.533. The Kier molecular flexibility index (Phi) is 5.27. The Balaban J connectivity index is 1.85. The van der Waals surface area contributed by atoms with E-state index in [-0.39, 0.29) is 24.8 Å². The van der Waals surface area contributed by atoms with Crippen LogP contribution in [-0.2, 0) is 9.53 Å². The highest BCUT2D eigenvalue weighted by Crippen LogP contribution is 2.35. The van der Waals surface area contributed by atoms with E-state index in [1.165, 1.54) is 7.11 Å². The average Bonchev–Trinajstić information content (AvgIpc) is 2.92. The third-order valence-corrected chi connectivity index (χ3v) is 3.04. The summed E-state index contributed by atoms with van der Waals surface area (Å²) in [5, 5.41) is 3.16. The first-order valence-electron chi connectivity index (χ1n) is 6.96. The molecule has 1 aliphatic rings. The van der Waals surface area contributed by atoms with Crippen molar-refractivity contribution in [1.29, 1.82) is 0 Å². The van der Waals surface area contributed by atoms with Crippen molar-refractivity contribution in [2.75, 3.05) is 20.5 Å². The van der Waals surface area contributed by atoms with Crippen LogP contribution in [0.2, 0.25) is 0 Å². The van der Waals surface area contributed by atoms with Gasteiger partial charge in [0.15, 0.2) is 11.5 Å². The monoisotopic (exact) mass is 295 g/mol. The van der Waals surface area contributed by atoms with Gasteiger partial charge in [0.25, 0.3) is 0 Å². The number of methoxy groups -OCH3 is 1. The van der Waals surface area contributed by atoms with Crippen LogP contribution in [0.15, 0.2) is 18.2 Å². The van der Waals surface area contributed by atoms with Gasteiger partial charge in [-0.05, 0) is 12.1 Å². The van der Waals surface area contributed by atoms with Gasteiger partial charge in [0, 0.05) is 18.5 Å². The van der Waals surface area contributed by atoms with Gasteiger partial charge in [-0.2, -0.15) is 0 Å². The zero-order chi connectivity index (χ0) is 15.2. The van der Waals surface area contributed by atoms with Crippen molar-refractivity contribution in [2.24, 2.45) is 0 Å². The van der Waals surface area contributed by atoms with Crippen LogP contribution in [0.5, 0.6) is 17.2 Å². The lowest BCUT2D eigenvalue weighted by Crippen LogP contribution is -2.42. The molecule has 0 bridgehead atoms. The second-order valence-corrected chi connectivity index (χ2v) is 5.05. The van der Waals surface area contributed by atoms with E-state index in [2.05, 4.69) is 5.32 Å². The van der Waals surface area contributed by atoms with E-state index >= 15 is 0 Å². The standard InChI is InChI=1S/C15H21NO5/c1-10(2)16-12(15(17)18-3)6-7-19-11-4-5-13-14(8-11)21-9-20-13/h4-5,8,10,12,16H,6-7,9H2,1-3H3. The summed E-state index contributed by atoms with van der Waals surface area (Å²) in [6, 6.07) is 5.23. The third-order valence-electron chi connectivity index (χ3n) is 3.04. The number of hydrogen-bond donors (Lipinski definition) is 1. The number of nitrogens with one attached hydrogen (secondary N) is 1. The minimum Gasteiger partial charge on any atom is -0.493 e. The SMILES string of the molecule is COC(=O)C(CCOc1ccc2c(c1)OCO2)NC(C)C. The highest BCUT2D eigenvalue weighted by Gasteiger charge is 2.20. The molecule has 21 heavy (non-hydrogen) atoms. The summed E-state index contributed by atoms with van der Waals surface area (Å²) >= 11 is 0. The molecule has 1 atom stereocenters. The average molecular weight is 295 g/mol. The first kappa shape index (κ1) is 15.4. The quantitative estimate of drug-likeness (QED) is 0.773. The summed E-state index contributed by atoms with van der Waals surface area (Å²) < 4.78 is 21.0. The number of rotatable bonds is 7. The highest BCUT2D eigenvalue weighted by atomic mass is 16.7. The van der Waals surface area contributed by atoms with E-state index in [1.807, 2.05) is 26.0 Å². The summed E-state index contributed by atoms with van der Waals surface area (Å²) in [6.45, 7) is 4.60. The Morgan fingerprint density at radius 2 is 2.10 bits per heavy atom. The molecule has 1 unspecified atom stereocenters. The lowest BCUT2D eigenvalue weighted by Gasteiger charge is -2.19. The van der Waals surface area contributed by atoms with Crippen molar-refractivity contribution in [1.82, 2.24) is 5.32 Å². The van der Waals surface area contributed by atoms with Gasteiger partial charge < -0.3 is 24.3 Å². The predicted octanol–water partition coefficient (Wildman–Crippen LogP) is 1.72. The summed E-state index contributed by atoms with van der Waals surface area (Å²) in [7, 11) is 1.38. The molecule has 0 aliphatic carbocycles. The van der Waals surface area contributed by atoms with E-state index in [0.29, 0.717) is 24.5 Å². The maximum atomic E-state index is 11.7. The van der Waals surface area contributed by atoms with Gasteiger partial charge in [0.05, 0.1) is 13.7 Å². The van der Waals surface area contributed by atoms with E-state index in [0.717, 1.165) is 5.75 Å². The van der Waals surface area contributed by atoms with Crippen LogP contribution in [0.1, 0.15) is 20.3 Å². The van der Waals surface area contributed by atoms with E-state index in [4.69, 9.17) is 18.9 Å². The number of carbonyl (C=O) groups is 1. The molecule has 0 saturated carbocycles. The van der Waals surface area contributed by atoms with Gasteiger partial charge in [-0.15, -0.1) is 0 Å². The molecule has 1 aromatic carbocycles. The van der Waals surface area contributed by atoms with Gasteiger partial charge in [-0.3, -0.25) is 4.79 Å². The molecule has 1 heterocycles. The normalized spacial score (nSPS) is 14.1. The van der Waals surface area contributed by atoms with Crippen molar-refractivity contribution in [3.8, 4) is 17.2 Å². The number of hydrogen-bond acceptors (Lipinski definition) is 6. The summed E-state index contributed by atoms with van der Waals surface area (Å²) in [5.74, 6) is 1.80. The van der Waals surface area contributed by atoms with Crippen molar-refractivity contribution < 1.29 is 23.7 Å². The van der Waals surface area contributed by atoms with E-state index < -0.39 is 0 Å². The molecule has 1 aliphatic heterocycles. The molecule has 0 saturated heterocycles. The molecule has 0 amide bonds. The number of carbonyl (C=O) groups excluding carboxylic acids is 1. The zero-order valence-corrected chi connectivity index (χ0v) is 12.5. The van der Waals surface area contributed by atoms with Crippen LogP contribution in [0.25, 0.3) is 0 Å². The van der Waals surface area contributed by atoms with Crippen molar-refractivity contribution in [2.45, 2.75) is 32.4 Å². The minimum atomic E-state index is -0.371. The topological polar surface area (TPSA) is 66.0 Å². The van der Waals surface area contributed by atoms with Crippen LogP contribution in [-0.4, -0.2) is 38.6 Å². The lowest BCUT2D eigenvalue weighted by molar-refractivity contribution is -0.143. The van der Waals surface area contributed by atoms with Crippen LogP contribution >= 0.6 is 0 Å².